The lowest BCUT2D eigenvalue weighted by molar-refractivity contribution is -1.92. The molecule has 0 aliphatic carbocycles. The van der Waals surface area contributed by atoms with Crippen LogP contribution in [0.5, 0.6) is 0 Å². The molecule has 7 heavy (non-hydrogen) atoms. The summed E-state index contributed by atoms with van der Waals surface area (Å²) < 4.78 is 32.7. The van der Waals surface area contributed by atoms with Crippen LogP contribution in [0.25, 0.3) is 0 Å². The normalized spacial score (nSPS) is 8.57. The standard InChI is InChI=1S/B.ClHO4.H3N/c;2-1(3,4)5;/h;(H,2,3,4,5);1H3. The largest absolute Gasteiger partial charge is 0.344 e. The van der Waals surface area contributed by atoms with E-state index in [1.54, 1.807) is 0 Å². The zero-order valence-electron chi connectivity index (χ0n) is 3.33. The maximum absolute atomic E-state index is 8.60. The van der Waals surface area contributed by atoms with Crippen LogP contribution in [-0.4, -0.2) is 13.1 Å². The maximum Gasteiger partial charge on any atom is 0.0777 e. The van der Waals surface area contributed by atoms with Crippen molar-refractivity contribution in [2.24, 2.45) is 0 Å². The zero-order valence-corrected chi connectivity index (χ0v) is 4.09. The summed E-state index contributed by atoms with van der Waals surface area (Å²) in [6, 6.07) is 0. The molecule has 0 bridgehead atoms. The first-order chi connectivity index (χ1) is 2.00. The van der Waals surface area contributed by atoms with E-state index in [9.17, 15) is 0 Å². The third-order valence-corrected chi connectivity index (χ3v) is 0. The quantitative estimate of drug-likeness (QED) is 0.319. The third kappa shape index (κ3) is 4430. The predicted molar refractivity (Wildman–Crippen MR) is 13.0 cm³/mol. The Balaban J connectivity index is -0.0000000800. The number of halogens is 1. The van der Waals surface area contributed by atoms with Crippen molar-refractivity contribution >= 4 is 8.41 Å². The Kier molecular flexibility index (Phi) is 9.68. The van der Waals surface area contributed by atoms with Gasteiger partial charge in [0.05, 0.1) is 14.9 Å². The summed E-state index contributed by atoms with van der Waals surface area (Å²) in [6.07, 6.45) is 0. The summed E-state index contributed by atoms with van der Waals surface area (Å²) >= 11 is 0. The van der Waals surface area contributed by atoms with E-state index in [2.05, 4.69) is 0 Å². The Hall–Kier alpha value is 0.155. The van der Waals surface area contributed by atoms with Crippen LogP contribution in [-0.2, 0) is 0 Å². The average molecular weight is 128 g/mol. The van der Waals surface area contributed by atoms with Crippen LogP contribution in [0.2, 0.25) is 0 Å². The maximum atomic E-state index is 8.60. The highest BCUT2D eigenvalue weighted by Crippen LogP contribution is 1.60. The van der Waals surface area contributed by atoms with Crippen molar-refractivity contribution in [3.63, 3.8) is 0 Å². The lowest BCUT2D eigenvalue weighted by Gasteiger charge is -2.03. The van der Waals surface area contributed by atoms with Gasteiger partial charge in [-0.05, 0) is 0 Å². The van der Waals surface area contributed by atoms with Crippen LogP contribution in [0.3, 0.4) is 0 Å². The van der Waals surface area contributed by atoms with Crippen molar-refractivity contribution in [2.75, 3.05) is 0 Å². The predicted octanol–water partition coefficient (Wildman–Crippen LogP) is -4.34. The highest BCUT2D eigenvalue weighted by molar-refractivity contribution is 5.75. The molecule has 0 rings (SSSR count). The molecule has 0 aliphatic rings. The molecule has 3 radical (unpaired) electrons. The molecule has 0 saturated heterocycles. The molecular formula is H4BClNO4. The fourth-order valence-electron chi connectivity index (χ4n) is 0. The number of rotatable bonds is 0. The van der Waals surface area contributed by atoms with E-state index in [4.69, 9.17) is 18.6 Å². The third-order valence-electron chi connectivity index (χ3n) is 0. The van der Waals surface area contributed by atoms with E-state index in [1.165, 1.54) is 0 Å². The summed E-state index contributed by atoms with van der Waals surface area (Å²) in [7, 11) is -4.69. The van der Waals surface area contributed by atoms with Gasteiger partial charge in [0.1, 0.15) is 0 Å². The second-order valence-electron chi connectivity index (χ2n) is 0.396. The van der Waals surface area contributed by atoms with Crippen molar-refractivity contribution < 1.29 is 28.9 Å². The fraction of sp³-hybridized carbons (Fsp3) is 0. The van der Waals surface area contributed by atoms with Crippen LogP contribution in [0.1, 0.15) is 0 Å². The van der Waals surface area contributed by atoms with E-state index in [1.807, 2.05) is 0 Å². The lowest BCUT2D eigenvalue weighted by atomic mass is 10.8. The smallest absolute Gasteiger partial charge is 0.0777 e. The van der Waals surface area contributed by atoms with Crippen LogP contribution in [0.4, 0.5) is 0 Å². The van der Waals surface area contributed by atoms with Gasteiger partial charge in [0.15, 0.2) is 0 Å². The molecule has 4 N–H and O–H groups in total. The van der Waals surface area contributed by atoms with Crippen molar-refractivity contribution in [3.8, 4) is 0 Å². The Morgan fingerprint density at radius 2 is 1.14 bits per heavy atom. The second-order valence-corrected chi connectivity index (χ2v) is 1.19. The summed E-state index contributed by atoms with van der Waals surface area (Å²) in [4.78, 5) is 0. The summed E-state index contributed by atoms with van der Waals surface area (Å²) in [5.41, 5.74) is 0. The monoisotopic (exact) mass is 128 g/mol. The van der Waals surface area contributed by atoms with Gasteiger partial charge in [0.25, 0.3) is 0 Å². The average Bonchev–Trinajstić information content (AvgIpc) is 0.722. The molecule has 0 fully saturated rings. The Labute approximate surface area is 44.5 Å². The van der Waals surface area contributed by atoms with Gasteiger partial charge in [0, 0.05) is 8.41 Å². The lowest BCUT2D eigenvalue weighted by Crippen LogP contribution is -2.58. The van der Waals surface area contributed by atoms with E-state index >= 15 is 0 Å². The molecule has 43 valence electrons. The fourth-order valence-corrected chi connectivity index (χ4v) is 0. The van der Waals surface area contributed by atoms with Crippen molar-refractivity contribution in [1.82, 2.24) is 6.15 Å². The number of hydrogen-bond donors (Lipinski definition) is 2. The van der Waals surface area contributed by atoms with Gasteiger partial charge in [-0.3, -0.25) is 0 Å². The second kappa shape index (κ2) is 4.32. The molecule has 0 aromatic heterocycles. The van der Waals surface area contributed by atoms with Gasteiger partial charge in [-0.2, -0.15) is 14.0 Å². The topological polar surface area (TPSA) is 124 Å². The minimum Gasteiger partial charge on any atom is -0.344 e. The highest BCUT2D eigenvalue weighted by Gasteiger charge is 1.98. The van der Waals surface area contributed by atoms with Gasteiger partial charge in [-0.15, -0.1) is 0 Å². The van der Waals surface area contributed by atoms with Crippen molar-refractivity contribution in [3.05, 3.63) is 0 Å². The van der Waals surface area contributed by atoms with Gasteiger partial charge >= 0.3 is 0 Å². The van der Waals surface area contributed by atoms with Crippen LogP contribution >= 0.6 is 0 Å². The Morgan fingerprint density at radius 1 is 1.14 bits per heavy atom. The van der Waals surface area contributed by atoms with Gasteiger partial charge < -0.3 is 6.15 Å². The van der Waals surface area contributed by atoms with E-state index < -0.39 is 10.2 Å². The molecule has 0 aromatic rings. The first kappa shape index (κ1) is 15.7. The first-order valence-corrected chi connectivity index (χ1v) is 1.90. The molecule has 7 heteroatoms. The molecule has 0 atom stereocenters. The summed E-state index contributed by atoms with van der Waals surface area (Å²) in [5, 5.41) is 0. The van der Waals surface area contributed by atoms with Crippen molar-refractivity contribution in [2.45, 2.75) is 0 Å². The molecular weight excluding hydrogens is 124 g/mol. The molecule has 0 saturated carbocycles. The molecule has 5 nitrogen and oxygen atoms in total. The molecule has 0 aliphatic heterocycles. The van der Waals surface area contributed by atoms with E-state index in [0.29, 0.717) is 0 Å². The molecule has 0 unspecified atom stereocenters. The molecule has 0 amide bonds. The molecule has 0 heterocycles. The minimum absolute atomic E-state index is 0. The molecule has 0 spiro atoms. The van der Waals surface area contributed by atoms with E-state index in [-0.39, 0.29) is 14.6 Å². The highest BCUT2D eigenvalue weighted by atomic mass is 35.7. The van der Waals surface area contributed by atoms with Gasteiger partial charge in [-0.25, -0.2) is 0 Å². The summed E-state index contributed by atoms with van der Waals surface area (Å²) in [5.74, 6) is 0. The zero-order chi connectivity index (χ0) is 4.50. The van der Waals surface area contributed by atoms with Gasteiger partial charge in [-0.1, -0.05) is 0 Å². The number of hydrogen-bond acceptors (Lipinski definition) is 5. The van der Waals surface area contributed by atoms with Gasteiger partial charge in [0.2, 0.25) is 0 Å². The SMILES string of the molecule is N.[B].[O-][Cl+3]([O-])([O-])O. The van der Waals surface area contributed by atoms with Crippen LogP contribution in [0.15, 0.2) is 0 Å². The summed E-state index contributed by atoms with van der Waals surface area (Å²) in [6.45, 7) is 0. The van der Waals surface area contributed by atoms with Crippen LogP contribution in [0, 0.1) is 10.2 Å². The first-order valence-electron chi connectivity index (χ1n) is 0.632. The Morgan fingerprint density at radius 3 is 1.14 bits per heavy atom. The molecule has 0 aromatic carbocycles. The Bertz CT molecular complexity index is 27.2. The van der Waals surface area contributed by atoms with Crippen molar-refractivity contribution in [1.29, 1.82) is 0 Å². The van der Waals surface area contributed by atoms with E-state index in [0.717, 1.165) is 0 Å². The minimum atomic E-state index is -4.69. The van der Waals surface area contributed by atoms with Crippen LogP contribution < -0.4 is 20.1 Å².